The highest BCUT2D eigenvalue weighted by Crippen LogP contribution is 2.28. The summed E-state index contributed by atoms with van der Waals surface area (Å²) < 4.78 is 29.8. The predicted molar refractivity (Wildman–Crippen MR) is 71.1 cm³/mol. The molecular weight excluding hydrogens is 302 g/mol. The minimum atomic E-state index is -3.92. The Bertz CT molecular complexity index is 677. The van der Waals surface area contributed by atoms with E-state index in [9.17, 15) is 23.3 Å². The molecule has 1 aliphatic heterocycles. The number of hydrogen-bond donors (Lipinski definition) is 1. The lowest BCUT2D eigenvalue weighted by molar-refractivity contribution is -0.387. The van der Waals surface area contributed by atoms with Crippen molar-refractivity contribution >= 4 is 21.5 Å². The number of carboxylic acid groups (broad SMARTS) is 1. The topological polar surface area (TPSA) is 124 Å². The van der Waals surface area contributed by atoms with Crippen LogP contribution in [0, 0.1) is 10.1 Å². The van der Waals surface area contributed by atoms with Gasteiger partial charge in [-0.15, -0.1) is 0 Å². The molecule has 1 fully saturated rings. The normalized spacial score (nSPS) is 18.6. The fourth-order valence-electron chi connectivity index (χ4n) is 2.17. The van der Waals surface area contributed by atoms with Crippen LogP contribution in [-0.4, -0.2) is 42.9 Å². The molecule has 1 aromatic carbocycles. The molecule has 0 spiro atoms. The standard InChI is InChI=1S/C12H13NO7S/c14-12(15)8-3-4-11(10(6-8)13(16)17)21(18,19)7-9-2-1-5-20-9/h3-4,6,9H,1-2,5,7H2,(H,14,15). The molecule has 0 aromatic heterocycles. The van der Waals surface area contributed by atoms with Gasteiger partial charge in [0.1, 0.15) is 4.90 Å². The van der Waals surface area contributed by atoms with Gasteiger partial charge in [0, 0.05) is 12.7 Å². The molecule has 1 aliphatic rings. The molecule has 0 saturated carbocycles. The number of ether oxygens (including phenoxy) is 1. The zero-order valence-corrected chi connectivity index (χ0v) is 11.7. The van der Waals surface area contributed by atoms with Crippen LogP contribution >= 0.6 is 0 Å². The van der Waals surface area contributed by atoms with Gasteiger partial charge in [-0.2, -0.15) is 0 Å². The highest BCUT2D eigenvalue weighted by Gasteiger charge is 2.31. The van der Waals surface area contributed by atoms with Crippen molar-refractivity contribution in [3.63, 3.8) is 0 Å². The van der Waals surface area contributed by atoms with Crippen molar-refractivity contribution in [3.8, 4) is 0 Å². The molecule has 114 valence electrons. The smallest absolute Gasteiger partial charge is 0.335 e. The van der Waals surface area contributed by atoms with E-state index in [1.807, 2.05) is 0 Å². The Kier molecular flexibility index (Phi) is 4.24. The van der Waals surface area contributed by atoms with Gasteiger partial charge in [0.25, 0.3) is 5.69 Å². The van der Waals surface area contributed by atoms with Crippen molar-refractivity contribution in [1.29, 1.82) is 0 Å². The summed E-state index contributed by atoms with van der Waals surface area (Å²) in [5.41, 5.74) is -1.06. The zero-order valence-electron chi connectivity index (χ0n) is 10.9. The maximum Gasteiger partial charge on any atom is 0.335 e. The average molecular weight is 315 g/mol. The summed E-state index contributed by atoms with van der Waals surface area (Å²) in [6, 6.07) is 2.76. The monoisotopic (exact) mass is 315 g/mol. The van der Waals surface area contributed by atoms with Gasteiger partial charge in [0.15, 0.2) is 9.84 Å². The number of aromatic carboxylic acids is 1. The van der Waals surface area contributed by atoms with Crippen LogP contribution in [0.25, 0.3) is 0 Å². The lowest BCUT2D eigenvalue weighted by atomic mass is 10.2. The molecule has 8 nitrogen and oxygen atoms in total. The number of carbonyl (C=O) groups is 1. The molecule has 21 heavy (non-hydrogen) atoms. The molecule has 2 rings (SSSR count). The first-order valence-electron chi connectivity index (χ1n) is 6.17. The minimum Gasteiger partial charge on any atom is -0.478 e. The van der Waals surface area contributed by atoms with Crippen LogP contribution in [0.1, 0.15) is 23.2 Å². The first kappa shape index (κ1) is 15.4. The quantitative estimate of drug-likeness (QED) is 0.640. The second kappa shape index (κ2) is 5.78. The molecule has 0 aliphatic carbocycles. The van der Waals surface area contributed by atoms with Crippen molar-refractivity contribution in [3.05, 3.63) is 33.9 Å². The van der Waals surface area contributed by atoms with Crippen LogP contribution in [0.2, 0.25) is 0 Å². The lowest BCUT2D eigenvalue weighted by Gasteiger charge is -2.10. The summed E-state index contributed by atoms with van der Waals surface area (Å²) in [6.07, 6.45) is 0.856. The number of carboxylic acids is 1. The van der Waals surface area contributed by atoms with Gasteiger partial charge in [-0.1, -0.05) is 0 Å². The Hall–Kier alpha value is -2.00. The number of nitro groups is 1. The minimum absolute atomic E-state index is 0.335. The van der Waals surface area contributed by atoms with E-state index in [1.54, 1.807) is 0 Å². The molecule has 1 N–H and O–H groups in total. The van der Waals surface area contributed by atoms with Crippen LogP contribution in [-0.2, 0) is 14.6 Å². The fraction of sp³-hybridized carbons (Fsp3) is 0.417. The Labute approximate surface area is 120 Å². The molecule has 0 bridgehead atoms. The van der Waals surface area contributed by atoms with Crippen LogP contribution in [0.15, 0.2) is 23.1 Å². The number of benzene rings is 1. The van der Waals surface area contributed by atoms with Crippen LogP contribution in [0.4, 0.5) is 5.69 Å². The number of nitro benzene ring substituents is 1. The van der Waals surface area contributed by atoms with Crippen molar-refractivity contribution in [1.82, 2.24) is 0 Å². The first-order chi connectivity index (χ1) is 9.81. The van der Waals surface area contributed by atoms with Gasteiger partial charge < -0.3 is 9.84 Å². The number of sulfone groups is 1. The molecule has 1 heterocycles. The van der Waals surface area contributed by atoms with Crippen molar-refractivity contribution in [2.24, 2.45) is 0 Å². The van der Waals surface area contributed by atoms with Crippen molar-refractivity contribution in [2.45, 2.75) is 23.8 Å². The number of nitrogens with zero attached hydrogens (tertiary/aromatic N) is 1. The summed E-state index contributed by atoms with van der Waals surface area (Å²) >= 11 is 0. The predicted octanol–water partition coefficient (Wildman–Crippen LogP) is 1.25. The van der Waals surface area contributed by atoms with Gasteiger partial charge in [0.2, 0.25) is 0 Å². The summed E-state index contributed by atoms with van der Waals surface area (Å²) in [5.74, 6) is -1.71. The molecule has 1 aromatic rings. The first-order valence-corrected chi connectivity index (χ1v) is 7.82. The van der Waals surface area contributed by atoms with E-state index in [-0.39, 0.29) is 11.3 Å². The van der Waals surface area contributed by atoms with E-state index >= 15 is 0 Å². The highest BCUT2D eigenvalue weighted by molar-refractivity contribution is 7.91. The largest absolute Gasteiger partial charge is 0.478 e. The van der Waals surface area contributed by atoms with Gasteiger partial charge in [-0.3, -0.25) is 10.1 Å². The van der Waals surface area contributed by atoms with Crippen molar-refractivity contribution < 1.29 is 28.0 Å². The Morgan fingerprint density at radius 2 is 2.19 bits per heavy atom. The molecule has 1 atom stereocenters. The maximum atomic E-state index is 12.3. The third kappa shape index (κ3) is 3.37. The third-order valence-electron chi connectivity index (χ3n) is 3.17. The second-order valence-electron chi connectivity index (χ2n) is 4.66. The third-order valence-corrected chi connectivity index (χ3v) is 4.99. The second-order valence-corrected chi connectivity index (χ2v) is 6.66. The van der Waals surface area contributed by atoms with E-state index < -0.39 is 37.4 Å². The van der Waals surface area contributed by atoms with Gasteiger partial charge in [-0.25, -0.2) is 13.2 Å². The highest BCUT2D eigenvalue weighted by atomic mass is 32.2. The van der Waals surface area contributed by atoms with Crippen molar-refractivity contribution in [2.75, 3.05) is 12.4 Å². The van der Waals surface area contributed by atoms with Gasteiger partial charge >= 0.3 is 5.97 Å². The molecule has 1 saturated heterocycles. The summed E-state index contributed by atoms with van der Waals surface area (Å²) in [7, 11) is -3.92. The van der Waals surface area contributed by atoms with E-state index in [4.69, 9.17) is 9.84 Å². The van der Waals surface area contributed by atoms with E-state index in [0.29, 0.717) is 13.0 Å². The molecule has 9 heteroatoms. The van der Waals surface area contributed by atoms with Crippen LogP contribution in [0.5, 0.6) is 0 Å². The summed E-state index contributed by atoms with van der Waals surface area (Å²) in [4.78, 5) is 20.4. The van der Waals surface area contributed by atoms with Gasteiger partial charge in [0.05, 0.1) is 22.3 Å². The van der Waals surface area contributed by atoms with Gasteiger partial charge in [-0.05, 0) is 25.0 Å². The lowest BCUT2D eigenvalue weighted by Crippen LogP contribution is -2.21. The average Bonchev–Trinajstić information content (AvgIpc) is 2.89. The number of hydrogen-bond acceptors (Lipinski definition) is 6. The SMILES string of the molecule is O=C(O)c1ccc(S(=O)(=O)CC2CCCO2)c([N+](=O)[O-])c1. The van der Waals surface area contributed by atoms with E-state index in [0.717, 1.165) is 24.6 Å². The molecule has 0 radical (unpaired) electrons. The van der Waals surface area contributed by atoms with E-state index in [1.165, 1.54) is 0 Å². The Balaban J connectivity index is 2.41. The number of rotatable bonds is 5. The Morgan fingerprint density at radius 3 is 2.71 bits per heavy atom. The Morgan fingerprint density at radius 1 is 1.48 bits per heavy atom. The zero-order chi connectivity index (χ0) is 15.6. The molecular formula is C12H13NO7S. The summed E-state index contributed by atoms with van der Waals surface area (Å²) in [5, 5.41) is 19.8. The maximum absolute atomic E-state index is 12.3. The molecule has 1 unspecified atom stereocenters. The summed E-state index contributed by atoms with van der Waals surface area (Å²) in [6.45, 7) is 0.472. The molecule has 0 amide bonds. The van der Waals surface area contributed by atoms with Crippen LogP contribution in [0.3, 0.4) is 0 Å². The van der Waals surface area contributed by atoms with E-state index in [2.05, 4.69) is 0 Å². The fourth-order valence-corrected chi connectivity index (χ4v) is 3.83. The van der Waals surface area contributed by atoms with Crippen LogP contribution < -0.4 is 0 Å².